The number of phenols is 2. The average molecular weight is 1330 g/mol. The number of rotatable bonds is 10. The number of phenolic OH excluding ortho intramolecular Hbond substituents is 2. The van der Waals surface area contributed by atoms with Crippen molar-refractivity contribution in [3.05, 3.63) is 201 Å². The molecule has 0 spiro atoms. The van der Waals surface area contributed by atoms with Crippen molar-refractivity contribution in [1.29, 1.82) is 0 Å². The van der Waals surface area contributed by atoms with Crippen LogP contribution >= 0.6 is 0 Å². The topological polar surface area (TPSA) is 136 Å². The van der Waals surface area contributed by atoms with Gasteiger partial charge in [0.15, 0.2) is 11.6 Å². The van der Waals surface area contributed by atoms with Crippen molar-refractivity contribution in [2.45, 2.75) is 223 Å². The molecule has 8 aromatic carbocycles. The quantitative estimate of drug-likeness (QED) is 0.129. The smallest absolute Gasteiger partial charge is 0.159 e. The van der Waals surface area contributed by atoms with Crippen molar-refractivity contribution < 1.29 is 19.8 Å². The maximum atomic E-state index is 13.9. The molecule has 0 aliphatic heterocycles. The van der Waals surface area contributed by atoms with Crippen LogP contribution < -0.4 is 0 Å². The van der Waals surface area contributed by atoms with Crippen LogP contribution in [0.5, 0.6) is 11.5 Å². The van der Waals surface area contributed by atoms with Gasteiger partial charge < -0.3 is 10.2 Å². The molecule has 0 saturated carbocycles. The SMILES string of the molecule is CC(=O)c1cc(-c2cc(-c3cc(C(C)=O)cc(-c4cccc5c4nc(-c4cc(C(C)(C)C)cc(C(C)(C)C)c4O)n5-c4cc(C(C)(C)C)cc(C(C)(C)C)c4)c3)ncn2)cc(-c2cccc3c2nc(-c2cc(C(C)(C)C)cc(C(C)(C)C)c2O)n3-c2cc(C(C)(C)C)cc(C(C)(C)C)c2)c1. The summed E-state index contributed by atoms with van der Waals surface area (Å²) in [6.45, 7) is 56.1. The van der Waals surface area contributed by atoms with Crippen molar-refractivity contribution in [2.75, 3.05) is 0 Å². The van der Waals surface area contributed by atoms with Crippen molar-refractivity contribution >= 4 is 33.6 Å². The summed E-state index contributed by atoms with van der Waals surface area (Å²) in [5.41, 5.74) is 19.2. The third-order valence-corrected chi connectivity index (χ3v) is 19.8. The van der Waals surface area contributed by atoms with Gasteiger partial charge >= 0.3 is 0 Å². The molecule has 10 nitrogen and oxygen atoms in total. The predicted molar refractivity (Wildman–Crippen MR) is 417 cm³/mol. The highest BCUT2D eigenvalue weighted by Crippen LogP contribution is 2.49. The summed E-state index contributed by atoms with van der Waals surface area (Å²) >= 11 is 0. The minimum Gasteiger partial charge on any atom is -0.507 e. The summed E-state index contributed by atoms with van der Waals surface area (Å²) in [4.78, 5) is 49.1. The average Bonchev–Trinajstić information content (AvgIpc) is 1.48. The number of imidazole rings is 2. The fraction of sp³-hybridized carbons (Fsp3) is 0.378. The Kier molecular flexibility index (Phi) is 17.9. The molecule has 3 heterocycles. The van der Waals surface area contributed by atoms with E-state index in [0.717, 1.165) is 66.9 Å². The van der Waals surface area contributed by atoms with Gasteiger partial charge in [0.05, 0.1) is 44.6 Å². The molecule has 11 aromatic rings. The van der Waals surface area contributed by atoms with Crippen LogP contribution in [-0.4, -0.2) is 50.8 Å². The summed E-state index contributed by atoms with van der Waals surface area (Å²) < 4.78 is 4.43. The minimum atomic E-state index is -0.402. The normalized spacial score (nSPS) is 13.1. The van der Waals surface area contributed by atoms with Gasteiger partial charge in [0.2, 0.25) is 0 Å². The number of carbonyl (C=O) groups excluding carboxylic acids is 2. The van der Waals surface area contributed by atoms with Gasteiger partial charge in [-0.25, -0.2) is 19.9 Å². The van der Waals surface area contributed by atoms with E-state index in [1.54, 1.807) is 13.8 Å². The van der Waals surface area contributed by atoms with E-state index in [-0.39, 0.29) is 55.6 Å². The van der Waals surface area contributed by atoms with Crippen LogP contribution in [0.2, 0.25) is 0 Å². The lowest BCUT2D eigenvalue weighted by molar-refractivity contribution is 0.100. The second kappa shape index (κ2) is 24.8. The molecule has 0 unspecified atom stereocenters. The first-order chi connectivity index (χ1) is 46.1. The molecule has 0 aliphatic carbocycles. The van der Waals surface area contributed by atoms with E-state index in [1.165, 1.54) is 28.6 Å². The van der Waals surface area contributed by atoms with Gasteiger partial charge in [0.25, 0.3) is 0 Å². The van der Waals surface area contributed by atoms with Crippen LogP contribution in [-0.2, 0) is 43.3 Å². The molecule has 518 valence electrons. The number of benzene rings is 8. The second-order valence-corrected chi connectivity index (χ2v) is 36.3. The first kappa shape index (κ1) is 72.0. The van der Waals surface area contributed by atoms with Crippen LogP contribution in [0.1, 0.15) is 245 Å². The molecule has 10 heteroatoms. The maximum Gasteiger partial charge on any atom is 0.159 e. The first-order valence-electron chi connectivity index (χ1n) is 35.4. The van der Waals surface area contributed by atoms with Crippen LogP contribution in [0.25, 0.3) is 101 Å². The number of ketones is 2. The number of nitrogens with zero attached hydrogens (tertiary/aromatic N) is 6. The monoisotopic (exact) mass is 1330 g/mol. The van der Waals surface area contributed by atoms with Crippen molar-refractivity contribution in [2.24, 2.45) is 0 Å². The van der Waals surface area contributed by atoms with Crippen LogP contribution in [0.3, 0.4) is 0 Å². The molecule has 2 N–H and O–H groups in total. The zero-order chi connectivity index (χ0) is 73.4. The largest absolute Gasteiger partial charge is 0.507 e. The highest BCUT2D eigenvalue weighted by atomic mass is 16.3. The molecular formula is C90H104N6O4. The van der Waals surface area contributed by atoms with Gasteiger partial charge in [-0.05, 0) is 193 Å². The molecule has 0 radical (unpaired) electrons. The highest BCUT2D eigenvalue weighted by molar-refractivity contribution is 6.03. The van der Waals surface area contributed by atoms with E-state index in [4.69, 9.17) is 19.9 Å². The number of hydrogen-bond acceptors (Lipinski definition) is 8. The van der Waals surface area contributed by atoms with Gasteiger partial charge in [0, 0.05) is 55.9 Å². The minimum absolute atomic E-state index is 0.120. The fourth-order valence-corrected chi connectivity index (χ4v) is 13.3. The zero-order valence-corrected chi connectivity index (χ0v) is 64.3. The third kappa shape index (κ3) is 14.0. The second-order valence-electron chi connectivity index (χ2n) is 36.3. The van der Waals surface area contributed by atoms with E-state index in [2.05, 4.69) is 272 Å². The fourth-order valence-electron chi connectivity index (χ4n) is 13.3. The predicted octanol–water partition coefficient (Wildman–Crippen LogP) is 23.4. The van der Waals surface area contributed by atoms with Gasteiger partial charge in [0.1, 0.15) is 29.5 Å². The standard InChI is InChI=1S/C90H104N6O4/c1-51(97)53-33-55(67-29-27-31-75-77(67)93-81(69-45-63(87(15,16)17)47-71(79(69)99)89(21,22)23)95(75)65-41-59(83(3,4)5)39-60(42-65)84(6,7)8)37-57(35-53)73-49-74(92-50-91-73)58-36-54(52(2)98)34-56(38-58)68-30-28-32-76-78(68)94-82(70-46-64(88(18,19)20)48-72(80(70)100)90(24,25)26)96(76)66-43-61(85(9,10)11)40-62(44-66)86(12,13)14/h27-50,99-100H,1-26H3. The van der Waals surface area contributed by atoms with Crippen molar-refractivity contribution in [1.82, 2.24) is 29.1 Å². The lowest BCUT2D eigenvalue weighted by atomic mass is 9.78. The number of aromatic hydroxyl groups is 2. The van der Waals surface area contributed by atoms with Crippen LogP contribution in [0, 0.1) is 0 Å². The number of Topliss-reactive ketones (excluding diaryl/α,β-unsaturated/α-hetero) is 2. The highest BCUT2D eigenvalue weighted by Gasteiger charge is 2.34. The Morgan fingerprint density at radius 2 is 0.630 bits per heavy atom. The number of para-hydroxylation sites is 2. The van der Waals surface area contributed by atoms with E-state index in [9.17, 15) is 19.8 Å². The molecule has 0 fully saturated rings. The lowest BCUT2D eigenvalue weighted by Gasteiger charge is -2.28. The lowest BCUT2D eigenvalue weighted by Crippen LogP contribution is -2.18. The number of aromatic nitrogens is 6. The Morgan fingerprint density at radius 1 is 0.330 bits per heavy atom. The van der Waals surface area contributed by atoms with Crippen molar-refractivity contribution in [3.63, 3.8) is 0 Å². The number of carbonyl (C=O) groups is 2. The summed E-state index contributed by atoms with van der Waals surface area (Å²) in [6, 6.07) is 48.3. The van der Waals surface area contributed by atoms with E-state index in [1.807, 2.05) is 42.5 Å². The van der Waals surface area contributed by atoms with Crippen LogP contribution in [0.4, 0.5) is 0 Å². The third-order valence-electron chi connectivity index (χ3n) is 19.8. The Bertz CT molecular complexity index is 4730. The number of fused-ring (bicyclic) bond motifs is 2. The Balaban J connectivity index is 1.12. The summed E-state index contributed by atoms with van der Waals surface area (Å²) in [6.07, 6.45) is 1.54. The van der Waals surface area contributed by atoms with Gasteiger partial charge in [-0.1, -0.05) is 215 Å². The van der Waals surface area contributed by atoms with Crippen LogP contribution in [0.15, 0.2) is 146 Å². The molecule has 100 heavy (non-hydrogen) atoms. The summed E-state index contributed by atoms with van der Waals surface area (Å²) in [5.74, 6) is 1.33. The summed E-state index contributed by atoms with van der Waals surface area (Å²) in [5, 5.41) is 25.4. The van der Waals surface area contributed by atoms with Gasteiger partial charge in [-0.2, -0.15) is 0 Å². The van der Waals surface area contributed by atoms with Gasteiger partial charge in [-0.15, -0.1) is 0 Å². The molecular weight excluding hydrogens is 1230 g/mol. The summed E-state index contributed by atoms with van der Waals surface area (Å²) in [7, 11) is 0. The molecule has 0 saturated heterocycles. The molecule has 0 aliphatic rings. The Labute approximate surface area is 594 Å². The van der Waals surface area contributed by atoms with Gasteiger partial charge in [-0.3, -0.25) is 18.7 Å². The Morgan fingerprint density at radius 3 is 0.920 bits per heavy atom. The number of hydrogen-bond donors (Lipinski definition) is 2. The van der Waals surface area contributed by atoms with E-state index < -0.39 is 10.8 Å². The molecule has 3 aromatic heterocycles. The molecule has 0 amide bonds. The Hall–Kier alpha value is -9.28. The molecule has 0 bridgehead atoms. The zero-order valence-electron chi connectivity index (χ0n) is 64.3. The van der Waals surface area contributed by atoms with E-state index in [0.29, 0.717) is 67.5 Å². The molecule has 11 rings (SSSR count). The van der Waals surface area contributed by atoms with Crippen molar-refractivity contribution in [3.8, 4) is 90.4 Å². The molecule has 0 atom stereocenters. The van der Waals surface area contributed by atoms with E-state index >= 15 is 0 Å². The maximum absolute atomic E-state index is 13.9. The first-order valence-corrected chi connectivity index (χ1v) is 35.4.